The van der Waals surface area contributed by atoms with Crippen LogP contribution in [0.5, 0.6) is 0 Å². The molecule has 0 bridgehead atoms. The number of Topliss-reactive ketones (excluding diaryl/α,β-unsaturated/α-hetero) is 2. The van der Waals surface area contributed by atoms with Crippen LogP contribution in [-0.4, -0.2) is 11.6 Å². The Labute approximate surface area is 143 Å². The zero-order valence-corrected chi connectivity index (χ0v) is 14.1. The number of carbonyl (C=O) groups excluding carboxylic acids is 2. The molecule has 2 nitrogen and oxygen atoms in total. The molecule has 0 aliphatic heterocycles. The minimum atomic E-state index is 0.400. The molecule has 0 heterocycles. The lowest BCUT2D eigenvalue weighted by atomic mass is 9.62. The molecule has 5 aliphatic rings. The van der Waals surface area contributed by atoms with Gasteiger partial charge in [-0.15, -0.1) is 0 Å². The van der Waals surface area contributed by atoms with Gasteiger partial charge in [-0.25, -0.2) is 0 Å². The van der Waals surface area contributed by atoms with Crippen LogP contribution in [0.3, 0.4) is 0 Å². The van der Waals surface area contributed by atoms with Crippen molar-refractivity contribution < 1.29 is 9.59 Å². The highest BCUT2D eigenvalue weighted by atomic mass is 16.1. The maximum absolute atomic E-state index is 12.0. The fourth-order valence-corrected chi connectivity index (χ4v) is 5.78. The molecule has 5 rings (SSSR count). The molecular weight excluding hydrogens is 296 g/mol. The minimum absolute atomic E-state index is 0.400. The summed E-state index contributed by atoms with van der Waals surface area (Å²) < 4.78 is 0. The van der Waals surface area contributed by atoms with E-state index in [0.29, 0.717) is 42.2 Å². The number of carbonyl (C=O) groups is 2. The minimum Gasteiger partial charge on any atom is -0.299 e. The van der Waals surface area contributed by atoms with E-state index in [-0.39, 0.29) is 0 Å². The molecule has 0 aromatic heterocycles. The smallest absolute Gasteiger partial charge is 0.137 e. The van der Waals surface area contributed by atoms with Crippen LogP contribution in [0.2, 0.25) is 0 Å². The van der Waals surface area contributed by atoms with Gasteiger partial charge in [0.05, 0.1) is 0 Å². The van der Waals surface area contributed by atoms with E-state index in [9.17, 15) is 9.59 Å². The molecule has 0 N–H and O–H groups in total. The molecule has 24 heavy (non-hydrogen) atoms. The lowest BCUT2D eigenvalue weighted by Crippen LogP contribution is -2.30. The number of rotatable bonds is 0. The van der Waals surface area contributed by atoms with Crippen LogP contribution in [0.4, 0.5) is 0 Å². The zero-order chi connectivity index (χ0) is 16.3. The predicted octanol–water partition coefficient (Wildman–Crippen LogP) is 4.63. The molecule has 2 heteroatoms. The van der Waals surface area contributed by atoms with Gasteiger partial charge in [0.1, 0.15) is 11.6 Å². The normalized spacial score (nSPS) is 35.2. The number of hydrogen-bond donors (Lipinski definition) is 0. The highest BCUT2D eigenvalue weighted by Crippen LogP contribution is 2.52. The lowest BCUT2D eigenvalue weighted by Gasteiger charge is -2.42. The average Bonchev–Trinajstić information content (AvgIpc) is 2.60. The first-order valence-corrected chi connectivity index (χ1v) is 9.58. The first-order chi connectivity index (χ1) is 11.7. The van der Waals surface area contributed by atoms with Gasteiger partial charge in [-0.3, -0.25) is 9.59 Å². The monoisotopic (exact) mass is 320 g/mol. The largest absolute Gasteiger partial charge is 0.299 e. The molecule has 0 spiro atoms. The van der Waals surface area contributed by atoms with Crippen LogP contribution in [0.25, 0.3) is 0 Å². The molecule has 0 amide bonds. The van der Waals surface area contributed by atoms with Crippen molar-refractivity contribution in [2.45, 2.75) is 57.8 Å². The third kappa shape index (κ3) is 2.15. The quantitative estimate of drug-likeness (QED) is 0.652. The van der Waals surface area contributed by atoms with Crippen molar-refractivity contribution in [3.05, 3.63) is 46.1 Å². The molecule has 1 fully saturated rings. The fraction of sp³-hybridized carbons (Fsp3) is 0.545. The Hall–Kier alpha value is -1.70. The number of hydrogen-bond acceptors (Lipinski definition) is 2. The van der Waals surface area contributed by atoms with E-state index >= 15 is 0 Å². The van der Waals surface area contributed by atoms with Crippen LogP contribution in [0.15, 0.2) is 46.1 Å². The second-order valence-electron chi connectivity index (χ2n) is 8.18. The SMILES string of the molecule is O=C1CCC2CCC3C(=C2C1)C=CC1=C3CCC2CC(=O)CC=C12. The second-order valence-corrected chi connectivity index (χ2v) is 8.18. The van der Waals surface area contributed by atoms with Crippen LogP contribution in [0, 0.1) is 17.8 Å². The van der Waals surface area contributed by atoms with Crippen molar-refractivity contribution in [1.82, 2.24) is 0 Å². The lowest BCUT2D eigenvalue weighted by molar-refractivity contribution is -0.120. The van der Waals surface area contributed by atoms with Crippen molar-refractivity contribution in [3.63, 3.8) is 0 Å². The van der Waals surface area contributed by atoms with Gasteiger partial charge in [-0.2, -0.15) is 0 Å². The van der Waals surface area contributed by atoms with E-state index in [1.165, 1.54) is 35.1 Å². The molecule has 1 saturated carbocycles. The number of allylic oxidation sites excluding steroid dienone is 8. The summed E-state index contributed by atoms with van der Waals surface area (Å²) in [5.74, 6) is 2.48. The van der Waals surface area contributed by atoms with Gasteiger partial charge in [0.2, 0.25) is 0 Å². The van der Waals surface area contributed by atoms with Gasteiger partial charge in [0, 0.05) is 31.6 Å². The first kappa shape index (κ1) is 14.6. The van der Waals surface area contributed by atoms with E-state index < -0.39 is 0 Å². The van der Waals surface area contributed by atoms with E-state index in [4.69, 9.17) is 0 Å². The molecular formula is C22H24O2. The summed E-state index contributed by atoms with van der Waals surface area (Å²) in [6.45, 7) is 0. The van der Waals surface area contributed by atoms with Crippen molar-refractivity contribution in [1.29, 1.82) is 0 Å². The molecule has 124 valence electrons. The van der Waals surface area contributed by atoms with Gasteiger partial charge in [0.15, 0.2) is 0 Å². The van der Waals surface area contributed by atoms with Crippen LogP contribution in [0.1, 0.15) is 57.8 Å². The van der Waals surface area contributed by atoms with Crippen LogP contribution >= 0.6 is 0 Å². The highest BCUT2D eigenvalue weighted by Gasteiger charge is 2.39. The topological polar surface area (TPSA) is 34.1 Å². The van der Waals surface area contributed by atoms with Gasteiger partial charge >= 0.3 is 0 Å². The average molecular weight is 320 g/mol. The summed E-state index contributed by atoms with van der Waals surface area (Å²) >= 11 is 0. The van der Waals surface area contributed by atoms with E-state index in [1.807, 2.05) is 0 Å². The standard InChI is InChI=1S/C22H24O2/c23-15-5-8-17-14(11-15)3-7-19-18(17)9-10-21-20(19)6-2-13-1-4-16(24)12-22(13)21/h8-10,13-14,20H,1-7,11-12H2. The van der Waals surface area contributed by atoms with Crippen molar-refractivity contribution in [2.24, 2.45) is 17.8 Å². The molecule has 0 aromatic rings. The Morgan fingerprint density at radius 2 is 1.71 bits per heavy atom. The van der Waals surface area contributed by atoms with Gasteiger partial charge in [0.25, 0.3) is 0 Å². The van der Waals surface area contributed by atoms with E-state index in [0.717, 1.165) is 32.1 Å². The maximum atomic E-state index is 12.0. The van der Waals surface area contributed by atoms with Crippen LogP contribution in [-0.2, 0) is 9.59 Å². The van der Waals surface area contributed by atoms with Gasteiger partial charge < -0.3 is 0 Å². The zero-order valence-electron chi connectivity index (χ0n) is 14.1. The summed E-state index contributed by atoms with van der Waals surface area (Å²) in [5, 5.41) is 0. The maximum Gasteiger partial charge on any atom is 0.137 e. The molecule has 3 unspecified atom stereocenters. The van der Waals surface area contributed by atoms with Crippen molar-refractivity contribution in [3.8, 4) is 0 Å². The summed E-state index contributed by atoms with van der Waals surface area (Å²) in [7, 11) is 0. The molecule has 0 radical (unpaired) electrons. The second kappa shape index (κ2) is 5.40. The van der Waals surface area contributed by atoms with E-state index in [2.05, 4.69) is 18.2 Å². The molecule has 0 aromatic carbocycles. The van der Waals surface area contributed by atoms with Gasteiger partial charge in [-0.1, -0.05) is 29.4 Å². The Balaban J connectivity index is 1.56. The predicted molar refractivity (Wildman–Crippen MR) is 93.3 cm³/mol. The third-order valence-corrected chi connectivity index (χ3v) is 6.93. The summed E-state index contributed by atoms with van der Waals surface area (Å²) in [6.07, 6.45) is 15.5. The van der Waals surface area contributed by atoms with E-state index in [1.54, 1.807) is 5.57 Å². The third-order valence-electron chi connectivity index (χ3n) is 6.93. The highest BCUT2D eigenvalue weighted by molar-refractivity contribution is 5.84. The summed E-state index contributed by atoms with van der Waals surface area (Å²) in [5.41, 5.74) is 7.42. The summed E-state index contributed by atoms with van der Waals surface area (Å²) in [6, 6.07) is 0. The molecule has 0 saturated heterocycles. The fourth-order valence-electron chi connectivity index (χ4n) is 5.78. The van der Waals surface area contributed by atoms with Crippen LogP contribution < -0.4 is 0 Å². The molecule has 3 atom stereocenters. The Kier molecular flexibility index (Phi) is 3.29. The number of fused-ring (bicyclic) bond motifs is 5. The van der Waals surface area contributed by atoms with Crippen molar-refractivity contribution >= 4 is 11.6 Å². The number of ketones is 2. The Morgan fingerprint density at radius 1 is 0.833 bits per heavy atom. The summed E-state index contributed by atoms with van der Waals surface area (Å²) in [4.78, 5) is 23.8. The Morgan fingerprint density at radius 3 is 2.62 bits per heavy atom. The molecule has 5 aliphatic carbocycles. The first-order valence-electron chi connectivity index (χ1n) is 9.58. The Bertz CT molecular complexity index is 759. The van der Waals surface area contributed by atoms with Crippen molar-refractivity contribution in [2.75, 3.05) is 0 Å². The van der Waals surface area contributed by atoms with Gasteiger partial charge in [-0.05, 0) is 60.7 Å².